The second-order valence-corrected chi connectivity index (χ2v) is 6.05. The minimum atomic E-state index is -4.64. The number of unbranched alkanes of at least 4 members (excludes halogenated alkanes) is 2. The van der Waals surface area contributed by atoms with E-state index in [4.69, 9.17) is 57.7 Å². The first kappa shape index (κ1) is 29.1. The lowest BCUT2D eigenvalue weighted by Gasteiger charge is -1.82. The van der Waals surface area contributed by atoms with Gasteiger partial charge in [-0.2, -0.15) is 0 Å². The van der Waals surface area contributed by atoms with Crippen LogP contribution in [-0.2, 0) is 13.7 Å². The van der Waals surface area contributed by atoms with Crippen LogP contribution < -0.4 is 0 Å². The first-order valence-electron chi connectivity index (χ1n) is 4.87. The fourth-order valence-corrected chi connectivity index (χ4v) is 0.348. The van der Waals surface area contributed by atoms with E-state index >= 15 is 0 Å². The lowest BCUT2D eigenvalue weighted by Crippen LogP contribution is -1.66. The third-order valence-corrected chi connectivity index (χ3v) is 0.762. The Balaban J connectivity index is -0.0000000921. The van der Waals surface area contributed by atoms with Crippen molar-refractivity contribution in [1.82, 2.24) is 0 Å². The van der Waals surface area contributed by atoms with Crippen LogP contribution in [0.1, 0.15) is 26.2 Å². The molecule has 0 saturated heterocycles. The van der Waals surface area contributed by atoms with Crippen molar-refractivity contribution in [1.29, 1.82) is 0 Å². The van der Waals surface area contributed by atoms with Crippen molar-refractivity contribution in [2.45, 2.75) is 26.2 Å². The summed E-state index contributed by atoms with van der Waals surface area (Å²) in [4.78, 5) is 64.7. The van der Waals surface area contributed by atoms with Gasteiger partial charge < -0.3 is 44.0 Å². The molecule has 21 heavy (non-hydrogen) atoms. The average Bonchev–Trinajstić information content (AvgIpc) is 2.06. The topological polar surface area (TPSA) is 233 Å². The standard InChI is InChI=1S/C6H12.3H3O4P/c1-3-5-6-4-2;3*1-5(2,3)4/h3H,1,4-6H2,2H3;3*(H3,1,2,3,4). The van der Waals surface area contributed by atoms with Crippen molar-refractivity contribution < 1.29 is 57.7 Å². The van der Waals surface area contributed by atoms with E-state index in [0.717, 1.165) is 0 Å². The summed E-state index contributed by atoms with van der Waals surface area (Å²) >= 11 is 0. The molecule has 0 saturated carbocycles. The van der Waals surface area contributed by atoms with E-state index in [9.17, 15) is 0 Å². The lowest BCUT2D eigenvalue weighted by molar-refractivity contribution is 0.272. The molecule has 0 amide bonds. The van der Waals surface area contributed by atoms with Crippen molar-refractivity contribution in [3.05, 3.63) is 12.7 Å². The van der Waals surface area contributed by atoms with Crippen LogP contribution in [0.5, 0.6) is 0 Å². The summed E-state index contributed by atoms with van der Waals surface area (Å²) in [5.41, 5.74) is 0. The molecule has 0 heterocycles. The zero-order chi connectivity index (χ0) is 18.3. The van der Waals surface area contributed by atoms with Crippen LogP contribution in [0.25, 0.3) is 0 Å². The smallest absolute Gasteiger partial charge is 0.303 e. The van der Waals surface area contributed by atoms with Crippen molar-refractivity contribution in [3.63, 3.8) is 0 Å². The van der Waals surface area contributed by atoms with Crippen molar-refractivity contribution in [2.75, 3.05) is 0 Å². The van der Waals surface area contributed by atoms with E-state index < -0.39 is 23.5 Å². The van der Waals surface area contributed by atoms with Gasteiger partial charge in [0.25, 0.3) is 0 Å². The Kier molecular flexibility index (Phi) is 20.8. The van der Waals surface area contributed by atoms with Gasteiger partial charge in [0.15, 0.2) is 0 Å². The van der Waals surface area contributed by atoms with Gasteiger partial charge in [0.05, 0.1) is 0 Å². The fourth-order valence-electron chi connectivity index (χ4n) is 0.348. The van der Waals surface area contributed by atoms with Gasteiger partial charge >= 0.3 is 23.5 Å². The summed E-state index contributed by atoms with van der Waals surface area (Å²) < 4.78 is 26.6. The SMILES string of the molecule is C=CCCCC.O=P(O)(O)O.O=P(O)(O)O.O=P(O)(O)O. The van der Waals surface area contributed by atoms with E-state index in [1.165, 1.54) is 19.3 Å². The second kappa shape index (κ2) is 15.0. The number of allylic oxidation sites excluding steroid dienone is 1. The molecule has 12 nitrogen and oxygen atoms in total. The third kappa shape index (κ3) is 695. The van der Waals surface area contributed by atoms with Gasteiger partial charge in [0, 0.05) is 0 Å². The van der Waals surface area contributed by atoms with Crippen LogP contribution in [-0.4, -0.2) is 44.0 Å². The molecule has 0 radical (unpaired) electrons. The second-order valence-electron chi connectivity index (χ2n) is 2.97. The summed E-state index contributed by atoms with van der Waals surface area (Å²) in [6, 6.07) is 0. The third-order valence-electron chi connectivity index (χ3n) is 0.762. The Morgan fingerprint density at radius 1 is 0.762 bits per heavy atom. The Morgan fingerprint density at radius 2 is 0.952 bits per heavy atom. The maximum atomic E-state index is 8.88. The molecule has 0 aromatic heterocycles. The molecular weight excluding hydrogens is 357 g/mol. The highest BCUT2D eigenvalue weighted by Crippen LogP contribution is 2.26. The van der Waals surface area contributed by atoms with E-state index in [1.54, 1.807) is 0 Å². The predicted octanol–water partition coefficient (Wildman–Crippen LogP) is -0.423. The predicted molar refractivity (Wildman–Crippen MR) is 72.5 cm³/mol. The molecule has 0 aliphatic heterocycles. The molecule has 0 spiro atoms. The lowest BCUT2D eigenvalue weighted by atomic mass is 10.3. The monoisotopic (exact) mass is 378 g/mol. The van der Waals surface area contributed by atoms with E-state index in [1.807, 2.05) is 6.08 Å². The quantitative estimate of drug-likeness (QED) is 0.173. The summed E-state index contributed by atoms with van der Waals surface area (Å²) in [5.74, 6) is 0. The van der Waals surface area contributed by atoms with Gasteiger partial charge in [-0.15, -0.1) is 6.58 Å². The largest absolute Gasteiger partial charge is 0.466 e. The van der Waals surface area contributed by atoms with Gasteiger partial charge in [-0.3, -0.25) is 0 Å². The molecule has 0 atom stereocenters. The first-order valence-corrected chi connectivity index (χ1v) is 9.57. The molecule has 0 rings (SSSR count). The highest BCUT2D eigenvalue weighted by atomic mass is 31.2. The molecule has 0 bridgehead atoms. The van der Waals surface area contributed by atoms with Crippen molar-refractivity contribution >= 4 is 23.5 Å². The Morgan fingerprint density at radius 3 is 1.00 bits per heavy atom. The molecular formula is C6H21O12P3. The van der Waals surface area contributed by atoms with Gasteiger partial charge in [-0.1, -0.05) is 25.8 Å². The van der Waals surface area contributed by atoms with Crippen molar-refractivity contribution in [2.24, 2.45) is 0 Å². The molecule has 15 heteroatoms. The number of hydrogen-bond donors (Lipinski definition) is 9. The average molecular weight is 378 g/mol. The minimum Gasteiger partial charge on any atom is -0.303 e. The van der Waals surface area contributed by atoms with Gasteiger partial charge in [0.1, 0.15) is 0 Å². The summed E-state index contributed by atoms with van der Waals surface area (Å²) in [5, 5.41) is 0. The van der Waals surface area contributed by atoms with E-state index in [0.29, 0.717) is 0 Å². The van der Waals surface area contributed by atoms with Crippen LogP contribution in [0.2, 0.25) is 0 Å². The maximum absolute atomic E-state index is 8.88. The fraction of sp³-hybridized carbons (Fsp3) is 0.667. The highest BCUT2D eigenvalue weighted by molar-refractivity contribution is 7.45. The summed E-state index contributed by atoms with van der Waals surface area (Å²) in [6.45, 7) is 5.78. The Hall–Kier alpha value is 0.0700. The summed E-state index contributed by atoms with van der Waals surface area (Å²) in [6.07, 6.45) is 5.72. The Labute approximate surface area is 121 Å². The normalized spacial score (nSPS) is 10.8. The molecule has 0 aromatic rings. The molecule has 132 valence electrons. The zero-order valence-electron chi connectivity index (χ0n) is 11.0. The van der Waals surface area contributed by atoms with Crippen molar-refractivity contribution in [3.8, 4) is 0 Å². The minimum absolute atomic E-state index is 1.18. The number of phosphoric acid groups is 3. The number of hydrogen-bond acceptors (Lipinski definition) is 3. The molecule has 0 aromatic carbocycles. The molecule has 9 N–H and O–H groups in total. The molecule has 0 unspecified atom stereocenters. The number of rotatable bonds is 3. The highest BCUT2D eigenvalue weighted by Gasteiger charge is 2.01. The first-order chi connectivity index (χ1) is 8.91. The maximum Gasteiger partial charge on any atom is 0.466 e. The van der Waals surface area contributed by atoms with Gasteiger partial charge in [-0.25, -0.2) is 13.7 Å². The van der Waals surface area contributed by atoms with Gasteiger partial charge in [0.2, 0.25) is 0 Å². The van der Waals surface area contributed by atoms with Crippen LogP contribution >= 0.6 is 23.5 Å². The molecule has 0 aliphatic carbocycles. The zero-order valence-corrected chi connectivity index (χ0v) is 13.7. The molecule has 0 fully saturated rings. The van der Waals surface area contributed by atoms with Crippen LogP contribution in [0.4, 0.5) is 0 Å². The van der Waals surface area contributed by atoms with E-state index in [2.05, 4.69) is 13.5 Å². The Bertz CT molecular complexity index is 291. The van der Waals surface area contributed by atoms with Gasteiger partial charge in [-0.05, 0) is 6.42 Å². The van der Waals surface area contributed by atoms with E-state index in [-0.39, 0.29) is 0 Å². The van der Waals surface area contributed by atoms with Crippen LogP contribution in [0.15, 0.2) is 12.7 Å². The van der Waals surface area contributed by atoms with Crippen LogP contribution in [0, 0.1) is 0 Å². The molecule has 0 aliphatic rings. The summed E-state index contributed by atoms with van der Waals surface area (Å²) in [7, 11) is -13.9. The van der Waals surface area contributed by atoms with Crippen LogP contribution in [0.3, 0.4) is 0 Å².